The summed E-state index contributed by atoms with van der Waals surface area (Å²) in [7, 11) is 0. The van der Waals surface area contributed by atoms with Crippen molar-refractivity contribution < 1.29 is 19.6 Å². The molecule has 0 bridgehead atoms. The number of halogens is 1. The molecule has 21 heavy (non-hydrogen) atoms. The van der Waals surface area contributed by atoms with Crippen LogP contribution in [0, 0.1) is 17.0 Å². The number of pyridine rings is 1. The number of nitrogens with zero attached hydrogens (tertiary/aromatic N) is 2. The van der Waals surface area contributed by atoms with Crippen molar-refractivity contribution in [2.75, 3.05) is 0 Å². The first kappa shape index (κ1) is 14.9. The lowest BCUT2D eigenvalue weighted by Gasteiger charge is -2.10. The fourth-order valence-electron chi connectivity index (χ4n) is 1.63. The molecule has 2 aromatic rings. The van der Waals surface area contributed by atoms with Crippen molar-refractivity contribution in [2.45, 2.75) is 6.92 Å². The maximum atomic E-state index is 11.2. The molecule has 0 amide bonds. The van der Waals surface area contributed by atoms with Crippen LogP contribution >= 0.6 is 15.9 Å². The highest BCUT2D eigenvalue weighted by atomic mass is 79.9. The second-order valence-electron chi connectivity index (χ2n) is 4.07. The minimum absolute atomic E-state index is 0.00926. The number of carbonyl (C=O) groups is 1. The second kappa shape index (κ2) is 5.88. The lowest BCUT2D eigenvalue weighted by Crippen LogP contribution is -2.03. The standard InChI is InChI=1S/C13H9BrN2O5/c1-7-5-11(8(6-15-7)13(17)18)21-12-9(14)3-2-4-10(12)16(19)20/h2-6H,1H3,(H,17,18). The lowest BCUT2D eigenvalue weighted by atomic mass is 10.2. The number of carboxylic acids is 1. The Morgan fingerprint density at radius 2 is 2.19 bits per heavy atom. The number of benzene rings is 1. The number of para-hydroxylation sites is 1. The molecule has 0 aliphatic carbocycles. The first-order chi connectivity index (χ1) is 9.90. The van der Waals surface area contributed by atoms with Gasteiger partial charge in [-0.3, -0.25) is 15.1 Å². The van der Waals surface area contributed by atoms with Gasteiger partial charge in [-0.2, -0.15) is 0 Å². The molecule has 7 nitrogen and oxygen atoms in total. The topological polar surface area (TPSA) is 103 Å². The van der Waals surface area contributed by atoms with Crippen LogP contribution in [-0.2, 0) is 0 Å². The molecule has 1 heterocycles. The predicted octanol–water partition coefficient (Wildman–Crippen LogP) is 3.55. The zero-order valence-corrected chi connectivity index (χ0v) is 12.3. The number of rotatable bonds is 4. The van der Waals surface area contributed by atoms with Crippen molar-refractivity contribution in [3.8, 4) is 11.5 Å². The third-order valence-corrected chi connectivity index (χ3v) is 3.21. The minimum atomic E-state index is -1.23. The molecular formula is C13H9BrN2O5. The minimum Gasteiger partial charge on any atom is -0.477 e. The van der Waals surface area contributed by atoms with E-state index < -0.39 is 10.9 Å². The highest BCUT2D eigenvalue weighted by molar-refractivity contribution is 9.10. The molecule has 0 spiro atoms. The molecule has 1 aromatic heterocycles. The van der Waals surface area contributed by atoms with Gasteiger partial charge in [0.15, 0.2) is 0 Å². The SMILES string of the molecule is Cc1cc(Oc2c(Br)cccc2[N+](=O)[O-])c(C(=O)O)cn1. The van der Waals surface area contributed by atoms with Crippen molar-refractivity contribution in [3.05, 3.63) is 56.3 Å². The van der Waals surface area contributed by atoms with Gasteiger partial charge in [-0.1, -0.05) is 6.07 Å². The maximum Gasteiger partial charge on any atom is 0.341 e. The number of hydrogen-bond acceptors (Lipinski definition) is 5. The summed E-state index contributed by atoms with van der Waals surface area (Å²) in [6.45, 7) is 1.66. The van der Waals surface area contributed by atoms with Gasteiger partial charge in [-0.25, -0.2) is 4.79 Å². The molecule has 8 heteroatoms. The summed E-state index contributed by atoms with van der Waals surface area (Å²) in [5, 5.41) is 20.1. The van der Waals surface area contributed by atoms with Crippen LogP contribution in [-0.4, -0.2) is 21.0 Å². The van der Waals surface area contributed by atoms with Gasteiger partial charge in [0.2, 0.25) is 5.75 Å². The molecule has 0 unspecified atom stereocenters. The molecule has 0 atom stereocenters. The molecular weight excluding hydrogens is 344 g/mol. The van der Waals surface area contributed by atoms with E-state index in [1.54, 1.807) is 13.0 Å². The van der Waals surface area contributed by atoms with E-state index in [4.69, 9.17) is 9.84 Å². The van der Waals surface area contributed by atoms with Crippen LogP contribution in [0.15, 0.2) is 34.9 Å². The Labute approximate surface area is 127 Å². The largest absolute Gasteiger partial charge is 0.477 e. The molecule has 1 N–H and O–H groups in total. The summed E-state index contributed by atoms with van der Waals surface area (Å²) in [6.07, 6.45) is 1.15. The monoisotopic (exact) mass is 352 g/mol. The van der Waals surface area contributed by atoms with Gasteiger partial charge in [0.25, 0.3) is 0 Å². The van der Waals surface area contributed by atoms with Gasteiger partial charge in [0.1, 0.15) is 11.3 Å². The summed E-state index contributed by atoms with van der Waals surface area (Å²) in [5.41, 5.74) is 0.0885. The van der Waals surface area contributed by atoms with Gasteiger partial charge < -0.3 is 9.84 Å². The number of aromatic nitrogens is 1. The predicted molar refractivity (Wildman–Crippen MR) is 76.8 cm³/mol. The average Bonchev–Trinajstić information content (AvgIpc) is 2.40. The molecule has 0 aliphatic heterocycles. The zero-order valence-electron chi connectivity index (χ0n) is 10.7. The van der Waals surface area contributed by atoms with E-state index in [0.717, 1.165) is 6.20 Å². The fourth-order valence-corrected chi connectivity index (χ4v) is 2.07. The average molecular weight is 353 g/mol. The number of hydrogen-bond donors (Lipinski definition) is 1. The third-order valence-electron chi connectivity index (χ3n) is 2.59. The summed E-state index contributed by atoms with van der Waals surface area (Å²) in [6, 6.07) is 5.74. The first-order valence-corrected chi connectivity index (χ1v) is 6.50. The molecule has 2 rings (SSSR count). The van der Waals surface area contributed by atoms with Crippen molar-refractivity contribution in [3.63, 3.8) is 0 Å². The molecule has 0 fully saturated rings. The third kappa shape index (κ3) is 3.16. The first-order valence-electron chi connectivity index (χ1n) is 5.71. The second-order valence-corrected chi connectivity index (χ2v) is 4.93. The van der Waals surface area contributed by atoms with E-state index in [2.05, 4.69) is 20.9 Å². The smallest absolute Gasteiger partial charge is 0.341 e. The summed E-state index contributed by atoms with van der Waals surface area (Å²) < 4.78 is 5.82. The molecule has 0 aliphatic rings. The van der Waals surface area contributed by atoms with E-state index in [0.29, 0.717) is 10.2 Å². The zero-order chi connectivity index (χ0) is 15.6. The molecule has 0 radical (unpaired) electrons. The normalized spacial score (nSPS) is 10.2. The van der Waals surface area contributed by atoms with Crippen LogP contribution in [0.5, 0.6) is 11.5 Å². The Balaban J connectivity index is 2.55. The molecule has 1 aromatic carbocycles. The van der Waals surface area contributed by atoms with Gasteiger partial charge >= 0.3 is 11.7 Å². The highest BCUT2D eigenvalue weighted by Crippen LogP contribution is 2.38. The van der Waals surface area contributed by atoms with Crippen LogP contribution in [0.4, 0.5) is 5.69 Å². The Morgan fingerprint density at radius 1 is 1.48 bits per heavy atom. The van der Waals surface area contributed by atoms with E-state index >= 15 is 0 Å². The number of aryl methyl sites for hydroxylation is 1. The van der Waals surface area contributed by atoms with Crippen molar-refractivity contribution in [2.24, 2.45) is 0 Å². The quantitative estimate of drug-likeness (QED) is 0.666. The van der Waals surface area contributed by atoms with Crippen LogP contribution in [0.25, 0.3) is 0 Å². The Morgan fingerprint density at radius 3 is 2.81 bits per heavy atom. The summed E-state index contributed by atoms with van der Waals surface area (Å²) >= 11 is 3.16. The van der Waals surface area contributed by atoms with Crippen LogP contribution in [0.1, 0.15) is 16.1 Å². The summed E-state index contributed by atoms with van der Waals surface area (Å²) in [5.74, 6) is -1.30. The Bertz CT molecular complexity index is 732. The Hall–Kier alpha value is -2.48. The maximum absolute atomic E-state index is 11.2. The number of ether oxygens (including phenoxy) is 1. The molecule has 108 valence electrons. The van der Waals surface area contributed by atoms with Crippen LogP contribution < -0.4 is 4.74 Å². The van der Waals surface area contributed by atoms with Gasteiger partial charge in [-0.15, -0.1) is 0 Å². The summed E-state index contributed by atoms with van der Waals surface area (Å²) in [4.78, 5) is 25.5. The van der Waals surface area contributed by atoms with Crippen molar-refractivity contribution in [1.82, 2.24) is 4.98 Å². The highest BCUT2D eigenvalue weighted by Gasteiger charge is 2.21. The molecule has 0 saturated heterocycles. The lowest BCUT2D eigenvalue weighted by molar-refractivity contribution is -0.385. The van der Waals surface area contributed by atoms with Gasteiger partial charge in [0, 0.05) is 24.0 Å². The van der Waals surface area contributed by atoms with Gasteiger partial charge in [0.05, 0.1) is 9.40 Å². The number of carboxylic acid groups (broad SMARTS) is 1. The number of aromatic carboxylic acids is 1. The molecule has 0 saturated carbocycles. The van der Waals surface area contributed by atoms with Crippen molar-refractivity contribution >= 4 is 27.6 Å². The number of nitro groups is 1. The van der Waals surface area contributed by atoms with E-state index in [1.807, 2.05) is 0 Å². The fraction of sp³-hybridized carbons (Fsp3) is 0.0769. The van der Waals surface area contributed by atoms with E-state index in [9.17, 15) is 14.9 Å². The van der Waals surface area contributed by atoms with E-state index in [-0.39, 0.29) is 22.7 Å². The van der Waals surface area contributed by atoms with E-state index in [1.165, 1.54) is 18.2 Å². The van der Waals surface area contributed by atoms with Gasteiger partial charge in [-0.05, 0) is 28.9 Å². The van der Waals surface area contributed by atoms with Crippen LogP contribution in [0.2, 0.25) is 0 Å². The number of nitro benzene ring substituents is 1. The van der Waals surface area contributed by atoms with Crippen molar-refractivity contribution in [1.29, 1.82) is 0 Å². The van der Waals surface area contributed by atoms with Crippen LogP contribution in [0.3, 0.4) is 0 Å². The Kier molecular flexibility index (Phi) is 4.18.